The third kappa shape index (κ3) is 4.33. The number of amides is 2. The molecule has 7 nitrogen and oxygen atoms in total. The van der Waals surface area contributed by atoms with E-state index < -0.39 is 10.0 Å². The Hall–Kier alpha value is -2.87. The van der Waals surface area contributed by atoms with Crippen LogP contribution in [0, 0.1) is 6.92 Å². The fourth-order valence-electron chi connectivity index (χ4n) is 3.15. The summed E-state index contributed by atoms with van der Waals surface area (Å²) in [6.45, 7) is 4.06. The maximum absolute atomic E-state index is 12.8. The van der Waals surface area contributed by atoms with Crippen molar-refractivity contribution in [2.45, 2.75) is 38.0 Å². The van der Waals surface area contributed by atoms with Crippen molar-refractivity contribution < 1.29 is 18.0 Å². The van der Waals surface area contributed by atoms with Crippen molar-refractivity contribution in [1.29, 1.82) is 0 Å². The van der Waals surface area contributed by atoms with Gasteiger partial charge in [0, 0.05) is 30.8 Å². The van der Waals surface area contributed by atoms with Gasteiger partial charge in [-0.3, -0.25) is 14.3 Å². The molecular weight excluding hydrogens is 378 g/mol. The second-order valence-corrected chi connectivity index (χ2v) is 8.34. The summed E-state index contributed by atoms with van der Waals surface area (Å²) in [5.41, 5.74) is 2.14. The maximum atomic E-state index is 12.8. The fraction of sp³-hybridized carbons (Fsp3) is 0.300. The van der Waals surface area contributed by atoms with Crippen molar-refractivity contribution in [2.75, 3.05) is 21.5 Å². The zero-order valence-corrected chi connectivity index (χ0v) is 16.7. The number of nitrogens with zero attached hydrogens (tertiary/aromatic N) is 1. The van der Waals surface area contributed by atoms with E-state index in [9.17, 15) is 18.0 Å². The second-order valence-electron chi connectivity index (χ2n) is 6.69. The van der Waals surface area contributed by atoms with Gasteiger partial charge in [-0.05, 0) is 55.3 Å². The minimum Gasteiger partial charge on any atom is -0.326 e. The molecule has 0 bridgehead atoms. The van der Waals surface area contributed by atoms with Crippen molar-refractivity contribution in [3.63, 3.8) is 0 Å². The van der Waals surface area contributed by atoms with E-state index in [1.165, 1.54) is 6.07 Å². The highest BCUT2D eigenvalue weighted by Gasteiger charge is 2.23. The van der Waals surface area contributed by atoms with Crippen molar-refractivity contribution in [3.05, 3.63) is 48.0 Å². The summed E-state index contributed by atoms with van der Waals surface area (Å²) >= 11 is 0. The second kappa shape index (κ2) is 8.02. The lowest BCUT2D eigenvalue weighted by Gasteiger charge is -2.17. The molecule has 28 heavy (non-hydrogen) atoms. The maximum Gasteiger partial charge on any atom is 0.262 e. The Morgan fingerprint density at radius 3 is 2.57 bits per heavy atom. The van der Waals surface area contributed by atoms with Crippen LogP contribution in [0.5, 0.6) is 0 Å². The molecule has 0 aromatic heterocycles. The normalized spacial score (nSPS) is 14.2. The highest BCUT2D eigenvalue weighted by molar-refractivity contribution is 7.92. The molecule has 8 heteroatoms. The molecule has 148 valence electrons. The molecule has 0 unspecified atom stereocenters. The van der Waals surface area contributed by atoms with Crippen LogP contribution in [-0.2, 0) is 19.6 Å². The van der Waals surface area contributed by atoms with E-state index in [4.69, 9.17) is 0 Å². The lowest BCUT2D eigenvalue weighted by molar-refractivity contribution is -0.117. The first-order valence-electron chi connectivity index (χ1n) is 9.14. The number of hydrogen-bond donors (Lipinski definition) is 2. The van der Waals surface area contributed by atoms with E-state index in [2.05, 4.69) is 10.0 Å². The molecule has 2 amide bonds. The Morgan fingerprint density at radius 1 is 1.14 bits per heavy atom. The van der Waals surface area contributed by atoms with Gasteiger partial charge >= 0.3 is 0 Å². The van der Waals surface area contributed by atoms with Gasteiger partial charge < -0.3 is 10.2 Å². The highest BCUT2D eigenvalue weighted by Crippen LogP contribution is 2.27. The predicted molar refractivity (Wildman–Crippen MR) is 109 cm³/mol. The first-order chi connectivity index (χ1) is 13.3. The molecule has 1 aliphatic heterocycles. The minimum atomic E-state index is -3.81. The van der Waals surface area contributed by atoms with Crippen molar-refractivity contribution in [2.24, 2.45) is 0 Å². The van der Waals surface area contributed by atoms with Gasteiger partial charge in [0.2, 0.25) is 11.8 Å². The molecule has 1 saturated heterocycles. The van der Waals surface area contributed by atoms with Crippen LogP contribution >= 0.6 is 0 Å². The summed E-state index contributed by atoms with van der Waals surface area (Å²) < 4.78 is 28.2. The number of sulfonamides is 1. The number of carbonyl (C=O) groups is 2. The lowest BCUT2D eigenvalue weighted by atomic mass is 10.2. The first kappa shape index (κ1) is 19.9. The molecule has 1 aliphatic rings. The molecular formula is C20H23N3O4S. The smallest absolute Gasteiger partial charge is 0.262 e. The van der Waals surface area contributed by atoms with Gasteiger partial charge in [0.1, 0.15) is 0 Å². The molecule has 0 atom stereocenters. The Kier molecular flexibility index (Phi) is 5.69. The molecule has 3 rings (SSSR count). The summed E-state index contributed by atoms with van der Waals surface area (Å²) in [4.78, 5) is 25.2. The average molecular weight is 401 g/mol. The van der Waals surface area contributed by atoms with Gasteiger partial charge in [-0.1, -0.05) is 13.0 Å². The monoisotopic (exact) mass is 401 g/mol. The van der Waals surface area contributed by atoms with E-state index in [1.54, 1.807) is 55.1 Å². The molecule has 1 heterocycles. The van der Waals surface area contributed by atoms with Gasteiger partial charge in [-0.2, -0.15) is 0 Å². The molecule has 2 aromatic rings. The molecule has 0 spiro atoms. The third-order valence-corrected chi connectivity index (χ3v) is 6.09. The number of aryl methyl sites for hydroxylation is 1. The zero-order chi connectivity index (χ0) is 20.3. The molecule has 0 radical (unpaired) electrons. The number of benzene rings is 2. The van der Waals surface area contributed by atoms with E-state index in [0.717, 1.165) is 6.42 Å². The van der Waals surface area contributed by atoms with Crippen LogP contribution in [0.3, 0.4) is 0 Å². The Morgan fingerprint density at radius 2 is 1.93 bits per heavy atom. The quantitative estimate of drug-likeness (QED) is 0.776. The summed E-state index contributed by atoms with van der Waals surface area (Å²) in [5, 5.41) is 2.71. The average Bonchev–Trinajstić information content (AvgIpc) is 3.07. The van der Waals surface area contributed by atoms with Crippen LogP contribution in [0.15, 0.2) is 47.4 Å². The van der Waals surface area contributed by atoms with Crippen LogP contribution in [0.4, 0.5) is 17.1 Å². The summed E-state index contributed by atoms with van der Waals surface area (Å²) in [7, 11) is -3.81. The number of nitrogens with one attached hydrogen (secondary N) is 2. The first-order valence-corrected chi connectivity index (χ1v) is 10.6. The molecule has 0 aliphatic carbocycles. The molecule has 2 N–H and O–H groups in total. The Balaban J connectivity index is 1.82. The van der Waals surface area contributed by atoms with Crippen molar-refractivity contribution in [3.8, 4) is 0 Å². The topological polar surface area (TPSA) is 95.6 Å². The van der Waals surface area contributed by atoms with Crippen LogP contribution in [0.25, 0.3) is 0 Å². The molecule has 0 saturated carbocycles. The standard InChI is InChI=1S/C20H23N3O4S/c1-3-19(24)21-15-9-10-18(14(2)12-15)28(26,27)22-16-6-4-7-17(13-16)23-11-5-8-20(23)25/h4,6-7,9-10,12-13,22H,3,5,8,11H2,1-2H3,(H,21,24). The number of carbonyl (C=O) groups excluding carboxylic acids is 2. The van der Waals surface area contributed by atoms with Crippen LogP contribution in [-0.4, -0.2) is 26.8 Å². The number of rotatable bonds is 6. The van der Waals surface area contributed by atoms with E-state index in [-0.39, 0.29) is 16.7 Å². The predicted octanol–water partition coefficient (Wildman–Crippen LogP) is 3.27. The zero-order valence-electron chi connectivity index (χ0n) is 15.9. The fourth-order valence-corrected chi connectivity index (χ4v) is 4.42. The Bertz CT molecular complexity index is 1020. The van der Waals surface area contributed by atoms with Gasteiger partial charge in [0.25, 0.3) is 10.0 Å². The summed E-state index contributed by atoms with van der Waals surface area (Å²) in [6, 6.07) is 11.5. The van der Waals surface area contributed by atoms with Crippen LogP contribution < -0.4 is 14.9 Å². The number of hydrogen-bond acceptors (Lipinski definition) is 4. The summed E-state index contributed by atoms with van der Waals surface area (Å²) in [5.74, 6) is -0.0954. The van der Waals surface area contributed by atoms with Crippen LogP contribution in [0.1, 0.15) is 31.7 Å². The van der Waals surface area contributed by atoms with Crippen LogP contribution in [0.2, 0.25) is 0 Å². The van der Waals surface area contributed by atoms with Crippen molar-refractivity contribution >= 4 is 38.9 Å². The van der Waals surface area contributed by atoms with Crippen molar-refractivity contribution in [1.82, 2.24) is 0 Å². The molecule has 2 aromatic carbocycles. The third-order valence-electron chi connectivity index (χ3n) is 4.55. The van der Waals surface area contributed by atoms with E-state index in [0.29, 0.717) is 42.0 Å². The van der Waals surface area contributed by atoms with E-state index in [1.807, 2.05) is 0 Å². The van der Waals surface area contributed by atoms with E-state index >= 15 is 0 Å². The minimum absolute atomic E-state index is 0.0422. The summed E-state index contributed by atoms with van der Waals surface area (Å²) in [6.07, 6.45) is 1.65. The highest BCUT2D eigenvalue weighted by atomic mass is 32.2. The largest absolute Gasteiger partial charge is 0.326 e. The lowest BCUT2D eigenvalue weighted by Crippen LogP contribution is -2.23. The van der Waals surface area contributed by atoms with Gasteiger partial charge in [-0.25, -0.2) is 8.42 Å². The SMILES string of the molecule is CCC(=O)Nc1ccc(S(=O)(=O)Nc2cccc(N3CCCC3=O)c2)c(C)c1. The molecule has 1 fully saturated rings. The number of anilines is 3. The van der Waals surface area contributed by atoms with Gasteiger partial charge in [0.05, 0.1) is 10.6 Å². The van der Waals surface area contributed by atoms with Gasteiger partial charge in [-0.15, -0.1) is 0 Å². The Labute approximate surface area is 164 Å². The van der Waals surface area contributed by atoms with Gasteiger partial charge in [0.15, 0.2) is 0 Å².